The van der Waals surface area contributed by atoms with Gasteiger partial charge in [0.1, 0.15) is 0 Å². The van der Waals surface area contributed by atoms with Gasteiger partial charge in [0.2, 0.25) is 0 Å². The molecule has 0 aromatic carbocycles. The molecule has 0 aromatic heterocycles. The standard InChI is InChI=1S/C10H21NO/c1-8-4-3-5-10(6-8)11-9(2)7-12/h8-12H,3-7H2,1-2H3/t8-,9-,10-/m0/s1. The lowest BCUT2D eigenvalue weighted by Gasteiger charge is -2.29. The average Bonchev–Trinajstić information content (AvgIpc) is 2.04. The number of rotatable bonds is 3. The van der Waals surface area contributed by atoms with E-state index < -0.39 is 0 Å². The van der Waals surface area contributed by atoms with Crippen LogP contribution in [0.2, 0.25) is 0 Å². The molecule has 1 saturated carbocycles. The number of nitrogens with one attached hydrogen (secondary N) is 1. The average molecular weight is 171 g/mol. The normalized spacial score (nSPS) is 33.2. The largest absolute Gasteiger partial charge is 0.395 e. The van der Waals surface area contributed by atoms with Gasteiger partial charge in [0, 0.05) is 12.1 Å². The number of hydrogen-bond donors (Lipinski definition) is 2. The fourth-order valence-electron chi connectivity index (χ4n) is 2.04. The molecule has 0 amide bonds. The SMILES string of the molecule is C[C@H]1CCC[C@H](N[C@@H](C)CO)C1. The summed E-state index contributed by atoms with van der Waals surface area (Å²) >= 11 is 0. The van der Waals surface area contributed by atoms with E-state index in [1.165, 1.54) is 25.7 Å². The first-order valence-corrected chi connectivity index (χ1v) is 5.09. The molecule has 1 aliphatic carbocycles. The highest BCUT2D eigenvalue weighted by Gasteiger charge is 2.19. The second-order valence-electron chi connectivity index (χ2n) is 4.22. The first kappa shape index (κ1) is 10.0. The fraction of sp³-hybridized carbons (Fsp3) is 1.00. The molecule has 0 aliphatic heterocycles. The fourth-order valence-corrected chi connectivity index (χ4v) is 2.04. The molecule has 72 valence electrons. The molecule has 0 radical (unpaired) electrons. The Kier molecular flexibility index (Phi) is 4.02. The van der Waals surface area contributed by atoms with Crippen LogP contribution in [0.3, 0.4) is 0 Å². The first-order chi connectivity index (χ1) is 5.72. The highest BCUT2D eigenvalue weighted by atomic mass is 16.3. The second-order valence-corrected chi connectivity index (χ2v) is 4.22. The van der Waals surface area contributed by atoms with Crippen molar-refractivity contribution < 1.29 is 5.11 Å². The molecule has 2 heteroatoms. The van der Waals surface area contributed by atoms with E-state index in [9.17, 15) is 0 Å². The van der Waals surface area contributed by atoms with E-state index in [0.717, 1.165) is 5.92 Å². The summed E-state index contributed by atoms with van der Waals surface area (Å²) in [6.07, 6.45) is 5.29. The monoisotopic (exact) mass is 171 g/mol. The van der Waals surface area contributed by atoms with Crippen molar-refractivity contribution >= 4 is 0 Å². The Balaban J connectivity index is 2.22. The van der Waals surface area contributed by atoms with Crippen LogP contribution >= 0.6 is 0 Å². The first-order valence-electron chi connectivity index (χ1n) is 5.09. The number of hydrogen-bond acceptors (Lipinski definition) is 2. The van der Waals surface area contributed by atoms with Gasteiger partial charge in [-0.15, -0.1) is 0 Å². The molecule has 0 saturated heterocycles. The lowest BCUT2D eigenvalue weighted by molar-refractivity contribution is 0.215. The van der Waals surface area contributed by atoms with Gasteiger partial charge in [0.25, 0.3) is 0 Å². The van der Waals surface area contributed by atoms with E-state index in [0.29, 0.717) is 6.04 Å². The molecule has 1 aliphatic rings. The van der Waals surface area contributed by atoms with Crippen LogP contribution in [-0.2, 0) is 0 Å². The molecule has 0 aromatic rings. The van der Waals surface area contributed by atoms with Crippen LogP contribution in [0.15, 0.2) is 0 Å². The quantitative estimate of drug-likeness (QED) is 0.675. The van der Waals surface area contributed by atoms with Crippen LogP contribution in [0.4, 0.5) is 0 Å². The van der Waals surface area contributed by atoms with Gasteiger partial charge in [-0.1, -0.05) is 19.8 Å². The zero-order valence-electron chi connectivity index (χ0n) is 8.21. The molecule has 0 bridgehead atoms. The van der Waals surface area contributed by atoms with Crippen molar-refractivity contribution in [1.82, 2.24) is 5.32 Å². The maximum absolute atomic E-state index is 8.87. The third kappa shape index (κ3) is 3.11. The third-order valence-electron chi connectivity index (χ3n) is 2.73. The van der Waals surface area contributed by atoms with Crippen molar-refractivity contribution in [3.05, 3.63) is 0 Å². The van der Waals surface area contributed by atoms with Crippen LogP contribution in [0.1, 0.15) is 39.5 Å². The molecule has 1 fully saturated rings. The Hall–Kier alpha value is -0.0800. The van der Waals surface area contributed by atoms with Crippen molar-refractivity contribution in [3.63, 3.8) is 0 Å². The molecular weight excluding hydrogens is 150 g/mol. The van der Waals surface area contributed by atoms with Gasteiger partial charge in [0.15, 0.2) is 0 Å². The summed E-state index contributed by atoms with van der Waals surface area (Å²) in [6.45, 7) is 4.61. The summed E-state index contributed by atoms with van der Waals surface area (Å²) in [7, 11) is 0. The zero-order chi connectivity index (χ0) is 8.97. The summed E-state index contributed by atoms with van der Waals surface area (Å²) in [4.78, 5) is 0. The maximum atomic E-state index is 8.87. The predicted molar refractivity (Wildman–Crippen MR) is 51.1 cm³/mol. The molecule has 2 nitrogen and oxygen atoms in total. The molecule has 1 rings (SSSR count). The molecule has 2 N–H and O–H groups in total. The Bertz CT molecular complexity index is 127. The van der Waals surface area contributed by atoms with Gasteiger partial charge in [-0.3, -0.25) is 0 Å². The van der Waals surface area contributed by atoms with E-state index in [2.05, 4.69) is 12.2 Å². The van der Waals surface area contributed by atoms with Crippen molar-refractivity contribution in [2.24, 2.45) is 5.92 Å². The van der Waals surface area contributed by atoms with Crippen molar-refractivity contribution in [1.29, 1.82) is 0 Å². The Morgan fingerprint density at radius 3 is 2.83 bits per heavy atom. The maximum Gasteiger partial charge on any atom is 0.0582 e. The van der Waals surface area contributed by atoms with E-state index in [1.54, 1.807) is 0 Å². The summed E-state index contributed by atoms with van der Waals surface area (Å²) in [5, 5.41) is 12.3. The van der Waals surface area contributed by atoms with E-state index in [4.69, 9.17) is 5.11 Å². The number of aliphatic hydroxyl groups is 1. The number of aliphatic hydroxyl groups excluding tert-OH is 1. The van der Waals surface area contributed by atoms with Gasteiger partial charge in [-0.2, -0.15) is 0 Å². The molecule has 3 atom stereocenters. The minimum Gasteiger partial charge on any atom is -0.395 e. The zero-order valence-corrected chi connectivity index (χ0v) is 8.21. The van der Waals surface area contributed by atoms with Crippen LogP contribution in [0.5, 0.6) is 0 Å². The smallest absolute Gasteiger partial charge is 0.0582 e. The highest BCUT2D eigenvalue weighted by Crippen LogP contribution is 2.23. The third-order valence-corrected chi connectivity index (χ3v) is 2.73. The van der Waals surface area contributed by atoms with Crippen LogP contribution in [0, 0.1) is 5.92 Å². The van der Waals surface area contributed by atoms with Crippen molar-refractivity contribution in [2.45, 2.75) is 51.6 Å². The lowest BCUT2D eigenvalue weighted by Crippen LogP contribution is -2.41. The van der Waals surface area contributed by atoms with Crippen LogP contribution in [-0.4, -0.2) is 23.8 Å². The minimum atomic E-state index is 0.255. The van der Waals surface area contributed by atoms with Crippen LogP contribution in [0.25, 0.3) is 0 Å². The molecule has 0 unspecified atom stereocenters. The summed E-state index contributed by atoms with van der Waals surface area (Å²) in [6, 6.07) is 0.913. The van der Waals surface area contributed by atoms with Gasteiger partial charge in [-0.05, 0) is 25.7 Å². The Labute approximate surface area is 75.4 Å². The Morgan fingerprint density at radius 1 is 1.50 bits per heavy atom. The predicted octanol–water partition coefficient (Wildman–Crippen LogP) is 1.54. The van der Waals surface area contributed by atoms with Gasteiger partial charge >= 0.3 is 0 Å². The second kappa shape index (κ2) is 4.83. The molecule has 0 spiro atoms. The minimum absolute atomic E-state index is 0.255. The van der Waals surface area contributed by atoms with Crippen molar-refractivity contribution in [2.75, 3.05) is 6.61 Å². The molecular formula is C10H21NO. The molecule has 0 heterocycles. The lowest BCUT2D eigenvalue weighted by atomic mass is 9.87. The topological polar surface area (TPSA) is 32.3 Å². The van der Waals surface area contributed by atoms with E-state index in [1.807, 2.05) is 6.92 Å². The highest BCUT2D eigenvalue weighted by molar-refractivity contribution is 4.77. The van der Waals surface area contributed by atoms with E-state index >= 15 is 0 Å². The summed E-state index contributed by atoms with van der Waals surface area (Å²) in [5.41, 5.74) is 0. The van der Waals surface area contributed by atoms with Gasteiger partial charge in [0.05, 0.1) is 6.61 Å². The van der Waals surface area contributed by atoms with Crippen LogP contribution < -0.4 is 5.32 Å². The molecule has 12 heavy (non-hydrogen) atoms. The summed E-state index contributed by atoms with van der Waals surface area (Å²) < 4.78 is 0. The van der Waals surface area contributed by atoms with Crippen molar-refractivity contribution in [3.8, 4) is 0 Å². The van der Waals surface area contributed by atoms with E-state index in [-0.39, 0.29) is 12.6 Å². The van der Waals surface area contributed by atoms with Gasteiger partial charge < -0.3 is 10.4 Å². The summed E-state index contributed by atoms with van der Waals surface area (Å²) in [5.74, 6) is 0.863. The van der Waals surface area contributed by atoms with Gasteiger partial charge in [-0.25, -0.2) is 0 Å². The Morgan fingerprint density at radius 2 is 2.25 bits per heavy atom.